The highest BCUT2D eigenvalue weighted by Crippen LogP contribution is 2.30. The fraction of sp³-hybridized carbons (Fsp3) is 0.429. The molecule has 0 bridgehead atoms. The molecular weight excluding hydrogens is 340 g/mol. The monoisotopic (exact) mass is 356 g/mol. The molecule has 2 amide bonds. The molecule has 114 valence electrons. The van der Waals surface area contributed by atoms with Crippen LogP contribution < -0.4 is 10.1 Å². The normalized spacial score (nSPS) is 13.6. The lowest BCUT2D eigenvalue weighted by Crippen LogP contribution is -2.38. The summed E-state index contributed by atoms with van der Waals surface area (Å²) in [6, 6.07) is 5.13. The van der Waals surface area contributed by atoms with Gasteiger partial charge >= 0.3 is 12.0 Å². The highest BCUT2D eigenvalue weighted by Gasteiger charge is 2.32. The number of carbonyl (C=O) groups is 2. The number of ether oxygens (including phenoxy) is 1. The van der Waals surface area contributed by atoms with Gasteiger partial charge in [-0.05, 0) is 47.0 Å². The Morgan fingerprint density at radius 3 is 2.71 bits per heavy atom. The van der Waals surface area contributed by atoms with Gasteiger partial charge in [-0.1, -0.05) is 0 Å². The van der Waals surface area contributed by atoms with Gasteiger partial charge in [-0.15, -0.1) is 0 Å². The van der Waals surface area contributed by atoms with Crippen LogP contribution in [0.1, 0.15) is 19.3 Å². The maximum Gasteiger partial charge on any atom is 0.322 e. The Hall–Kier alpha value is -1.76. The summed E-state index contributed by atoms with van der Waals surface area (Å²) in [5.41, 5.74) is 0.633. The van der Waals surface area contributed by atoms with Gasteiger partial charge in [0.2, 0.25) is 0 Å². The average Bonchev–Trinajstić information content (AvgIpc) is 3.23. The molecule has 21 heavy (non-hydrogen) atoms. The minimum atomic E-state index is -0.902. The number of nitrogens with one attached hydrogen (secondary N) is 1. The fourth-order valence-electron chi connectivity index (χ4n) is 1.99. The van der Waals surface area contributed by atoms with Crippen molar-refractivity contribution >= 4 is 33.6 Å². The Bertz CT molecular complexity index is 546. The first-order valence-corrected chi connectivity index (χ1v) is 7.43. The molecule has 1 aliphatic carbocycles. The van der Waals surface area contributed by atoms with Crippen LogP contribution in [0.3, 0.4) is 0 Å². The summed E-state index contributed by atoms with van der Waals surface area (Å²) in [4.78, 5) is 24.5. The molecular formula is C14H17BrN2O4. The van der Waals surface area contributed by atoms with E-state index in [2.05, 4.69) is 21.2 Å². The van der Waals surface area contributed by atoms with Crippen molar-refractivity contribution in [3.8, 4) is 5.75 Å². The number of halogens is 1. The van der Waals surface area contributed by atoms with Gasteiger partial charge in [0.05, 0.1) is 18.0 Å². The molecule has 2 rings (SSSR count). The third kappa shape index (κ3) is 4.35. The molecule has 2 N–H and O–H groups in total. The van der Waals surface area contributed by atoms with Crippen LogP contribution in [0, 0.1) is 0 Å². The van der Waals surface area contributed by atoms with Crippen LogP contribution in [-0.2, 0) is 4.79 Å². The summed E-state index contributed by atoms with van der Waals surface area (Å²) in [7, 11) is 1.57. The van der Waals surface area contributed by atoms with Crippen molar-refractivity contribution in [3.63, 3.8) is 0 Å². The van der Waals surface area contributed by atoms with Crippen LogP contribution in [0.5, 0.6) is 5.75 Å². The van der Waals surface area contributed by atoms with Crippen molar-refractivity contribution in [1.82, 2.24) is 4.90 Å². The molecule has 0 saturated heterocycles. The summed E-state index contributed by atoms with van der Waals surface area (Å²) in [5.74, 6) is -0.224. The molecule has 0 atom stereocenters. The number of anilines is 1. The second kappa shape index (κ2) is 6.80. The number of aliphatic carboxylic acids is 1. The number of hydrogen-bond donors (Lipinski definition) is 2. The minimum absolute atomic E-state index is 0.0454. The van der Waals surface area contributed by atoms with Gasteiger partial charge in [-0.25, -0.2) is 4.79 Å². The largest absolute Gasteiger partial charge is 0.496 e. The number of carboxylic acid groups (broad SMARTS) is 1. The molecule has 7 heteroatoms. The smallest absolute Gasteiger partial charge is 0.322 e. The van der Waals surface area contributed by atoms with Crippen LogP contribution in [-0.4, -0.2) is 41.7 Å². The van der Waals surface area contributed by atoms with Crippen molar-refractivity contribution in [2.75, 3.05) is 19.0 Å². The van der Waals surface area contributed by atoms with Gasteiger partial charge < -0.3 is 20.1 Å². The lowest BCUT2D eigenvalue weighted by atomic mass is 10.3. The van der Waals surface area contributed by atoms with E-state index in [1.807, 2.05) is 0 Å². The van der Waals surface area contributed by atoms with Gasteiger partial charge in [0.1, 0.15) is 5.75 Å². The molecule has 1 aromatic carbocycles. The lowest BCUT2D eigenvalue weighted by Gasteiger charge is -2.22. The number of rotatable bonds is 6. The zero-order valence-corrected chi connectivity index (χ0v) is 13.2. The standard InChI is InChI=1S/C14H17BrN2O4/c1-21-12-5-2-9(8-11(12)15)16-14(20)17(10-3-4-10)7-6-13(18)19/h2,5,8,10H,3-4,6-7H2,1H3,(H,16,20)(H,18,19). The van der Waals surface area contributed by atoms with Crippen molar-refractivity contribution in [1.29, 1.82) is 0 Å². The Labute approximate surface area is 131 Å². The first-order valence-electron chi connectivity index (χ1n) is 6.64. The maximum absolute atomic E-state index is 12.2. The molecule has 0 aliphatic heterocycles. The number of urea groups is 1. The summed E-state index contributed by atoms with van der Waals surface area (Å²) in [6.45, 7) is 0.225. The zero-order chi connectivity index (χ0) is 15.4. The number of methoxy groups -OCH3 is 1. The molecule has 0 unspecified atom stereocenters. The lowest BCUT2D eigenvalue weighted by molar-refractivity contribution is -0.137. The molecule has 0 spiro atoms. The van der Waals surface area contributed by atoms with E-state index in [-0.39, 0.29) is 25.0 Å². The van der Waals surface area contributed by atoms with Gasteiger partial charge in [-0.2, -0.15) is 0 Å². The Balaban J connectivity index is 2.01. The van der Waals surface area contributed by atoms with Gasteiger partial charge in [0.25, 0.3) is 0 Å². The number of hydrogen-bond acceptors (Lipinski definition) is 3. The van der Waals surface area contributed by atoms with E-state index in [1.165, 1.54) is 0 Å². The van der Waals surface area contributed by atoms with Gasteiger partial charge in [0.15, 0.2) is 0 Å². The Morgan fingerprint density at radius 2 is 2.19 bits per heavy atom. The summed E-state index contributed by atoms with van der Waals surface area (Å²) in [5, 5.41) is 11.5. The van der Waals surface area contributed by atoms with E-state index >= 15 is 0 Å². The van der Waals surface area contributed by atoms with E-state index in [1.54, 1.807) is 30.2 Å². The molecule has 1 fully saturated rings. The van der Waals surface area contributed by atoms with Crippen LogP contribution in [0.4, 0.5) is 10.5 Å². The fourth-order valence-corrected chi connectivity index (χ4v) is 2.53. The van der Waals surface area contributed by atoms with Gasteiger partial charge in [-0.3, -0.25) is 4.79 Å². The van der Waals surface area contributed by atoms with Crippen molar-refractivity contribution < 1.29 is 19.4 Å². The summed E-state index contributed by atoms with van der Waals surface area (Å²) >= 11 is 3.36. The summed E-state index contributed by atoms with van der Waals surface area (Å²) < 4.78 is 5.87. The first-order chi connectivity index (χ1) is 10.0. The van der Waals surface area contributed by atoms with E-state index in [0.29, 0.717) is 11.4 Å². The average molecular weight is 357 g/mol. The second-order valence-corrected chi connectivity index (χ2v) is 5.70. The third-order valence-electron chi connectivity index (χ3n) is 3.22. The Morgan fingerprint density at radius 1 is 1.48 bits per heavy atom. The predicted octanol–water partition coefficient (Wildman–Crippen LogP) is 2.93. The van der Waals surface area contributed by atoms with E-state index < -0.39 is 5.97 Å². The van der Waals surface area contributed by atoms with Crippen LogP contribution in [0.15, 0.2) is 22.7 Å². The van der Waals surface area contributed by atoms with E-state index in [4.69, 9.17) is 9.84 Å². The van der Waals surface area contributed by atoms with Crippen LogP contribution in [0.25, 0.3) is 0 Å². The zero-order valence-electron chi connectivity index (χ0n) is 11.6. The second-order valence-electron chi connectivity index (χ2n) is 4.85. The predicted molar refractivity (Wildman–Crippen MR) is 81.7 cm³/mol. The van der Waals surface area contributed by atoms with E-state index in [9.17, 15) is 9.59 Å². The number of carbonyl (C=O) groups excluding carboxylic acids is 1. The minimum Gasteiger partial charge on any atom is -0.496 e. The highest BCUT2D eigenvalue weighted by atomic mass is 79.9. The number of amides is 2. The molecule has 1 aliphatic rings. The van der Waals surface area contributed by atoms with Crippen LogP contribution in [0.2, 0.25) is 0 Å². The maximum atomic E-state index is 12.2. The number of benzene rings is 1. The highest BCUT2D eigenvalue weighted by molar-refractivity contribution is 9.10. The summed E-state index contributed by atoms with van der Waals surface area (Å²) in [6.07, 6.45) is 1.81. The molecule has 0 radical (unpaired) electrons. The number of carboxylic acids is 1. The molecule has 0 heterocycles. The SMILES string of the molecule is COc1ccc(NC(=O)N(CCC(=O)O)C2CC2)cc1Br. The van der Waals surface area contributed by atoms with Gasteiger partial charge in [0, 0.05) is 18.3 Å². The third-order valence-corrected chi connectivity index (χ3v) is 3.84. The number of nitrogens with zero attached hydrogens (tertiary/aromatic N) is 1. The van der Waals surface area contributed by atoms with E-state index in [0.717, 1.165) is 17.3 Å². The Kier molecular flexibility index (Phi) is 5.06. The molecule has 6 nitrogen and oxygen atoms in total. The molecule has 1 saturated carbocycles. The van der Waals surface area contributed by atoms with Crippen molar-refractivity contribution in [2.24, 2.45) is 0 Å². The topological polar surface area (TPSA) is 78.9 Å². The van der Waals surface area contributed by atoms with Crippen molar-refractivity contribution in [3.05, 3.63) is 22.7 Å². The van der Waals surface area contributed by atoms with Crippen LogP contribution >= 0.6 is 15.9 Å². The quantitative estimate of drug-likeness (QED) is 0.821. The first kappa shape index (κ1) is 15.6. The molecule has 0 aromatic heterocycles. The van der Waals surface area contributed by atoms with Crippen molar-refractivity contribution in [2.45, 2.75) is 25.3 Å². The molecule has 1 aromatic rings.